The molecule has 1 aliphatic heterocycles. The van der Waals surface area contributed by atoms with E-state index in [1.807, 2.05) is 24.0 Å². The van der Waals surface area contributed by atoms with Gasteiger partial charge in [-0.3, -0.25) is 9.59 Å². The monoisotopic (exact) mass is 500 g/mol. The molecule has 3 aromatic rings. The Hall–Kier alpha value is -3.38. The molecule has 0 bridgehead atoms. The van der Waals surface area contributed by atoms with Crippen LogP contribution in [0.5, 0.6) is 0 Å². The van der Waals surface area contributed by atoms with E-state index in [2.05, 4.69) is 19.9 Å². The van der Waals surface area contributed by atoms with E-state index in [4.69, 9.17) is 9.72 Å². The Labute approximate surface area is 217 Å². The van der Waals surface area contributed by atoms with Crippen LogP contribution >= 0.6 is 0 Å². The number of fused-ring (bicyclic) bond motifs is 1. The van der Waals surface area contributed by atoms with Crippen molar-refractivity contribution >= 4 is 28.2 Å². The first-order valence-electron chi connectivity index (χ1n) is 13.2. The van der Waals surface area contributed by atoms with Gasteiger partial charge in [0.1, 0.15) is 11.5 Å². The Morgan fingerprint density at radius 3 is 2.54 bits per heavy atom. The number of ketones is 1. The summed E-state index contributed by atoms with van der Waals surface area (Å²) >= 11 is 0. The number of aromatic nitrogens is 1. The highest BCUT2D eigenvalue weighted by atomic mass is 19.1. The SMILES string of the molecule is CCC(=O)c1cc(-c2ccccc2F)c2c(C)c(C3=CCC(C(=O)N4CCOCC4)CC3)c(C)cc2n1. The van der Waals surface area contributed by atoms with Crippen molar-refractivity contribution in [1.82, 2.24) is 9.88 Å². The van der Waals surface area contributed by atoms with Crippen molar-refractivity contribution in [2.45, 2.75) is 46.5 Å². The van der Waals surface area contributed by atoms with Gasteiger partial charge in [0.05, 0.1) is 18.7 Å². The maximum atomic E-state index is 15.0. The van der Waals surface area contributed by atoms with E-state index in [1.165, 1.54) is 11.6 Å². The summed E-state index contributed by atoms with van der Waals surface area (Å²) in [6.45, 7) is 8.49. The smallest absolute Gasteiger partial charge is 0.226 e. The summed E-state index contributed by atoms with van der Waals surface area (Å²) in [7, 11) is 0. The molecule has 1 fully saturated rings. The molecule has 0 N–H and O–H groups in total. The Morgan fingerprint density at radius 1 is 1.11 bits per heavy atom. The fourth-order valence-corrected chi connectivity index (χ4v) is 5.80. The van der Waals surface area contributed by atoms with Gasteiger partial charge in [-0.2, -0.15) is 0 Å². The lowest BCUT2D eigenvalue weighted by Gasteiger charge is -2.32. The van der Waals surface area contributed by atoms with Crippen LogP contribution in [-0.4, -0.2) is 47.9 Å². The summed E-state index contributed by atoms with van der Waals surface area (Å²) in [6, 6.07) is 10.4. The number of morpholine rings is 1. The zero-order chi connectivity index (χ0) is 26.1. The van der Waals surface area contributed by atoms with Crippen LogP contribution in [0.4, 0.5) is 4.39 Å². The fraction of sp³-hybridized carbons (Fsp3) is 0.387. The number of benzene rings is 2. The average Bonchev–Trinajstić information content (AvgIpc) is 2.92. The number of nitrogens with zero attached hydrogens (tertiary/aromatic N) is 2. The van der Waals surface area contributed by atoms with E-state index in [9.17, 15) is 14.0 Å². The average molecular weight is 501 g/mol. The number of Topliss-reactive ketones (excluding diaryl/α,β-unsaturated/α-hetero) is 1. The molecule has 5 rings (SSSR count). The molecular weight excluding hydrogens is 467 g/mol. The van der Waals surface area contributed by atoms with Crippen LogP contribution in [0.2, 0.25) is 0 Å². The van der Waals surface area contributed by atoms with E-state index in [1.54, 1.807) is 18.2 Å². The van der Waals surface area contributed by atoms with Crippen molar-refractivity contribution in [3.05, 3.63) is 70.7 Å². The molecule has 1 aliphatic carbocycles. The Balaban J connectivity index is 1.58. The molecule has 37 heavy (non-hydrogen) atoms. The molecule has 1 unspecified atom stereocenters. The van der Waals surface area contributed by atoms with Crippen LogP contribution in [-0.2, 0) is 9.53 Å². The second kappa shape index (κ2) is 10.5. The van der Waals surface area contributed by atoms with Crippen LogP contribution in [0.15, 0.2) is 42.5 Å². The van der Waals surface area contributed by atoms with Crippen LogP contribution in [0.1, 0.15) is 59.8 Å². The minimum atomic E-state index is -0.326. The third kappa shape index (κ3) is 4.82. The highest BCUT2D eigenvalue weighted by Gasteiger charge is 2.29. The molecule has 2 aliphatic rings. The van der Waals surface area contributed by atoms with Crippen molar-refractivity contribution in [2.24, 2.45) is 5.92 Å². The van der Waals surface area contributed by atoms with Crippen molar-refractivity contribution in [1.29, 1.82) is 0 Å². The van der Waals surface area contributed by atoms with Gasteiger partial charge < -0.3 is 9.64 Å². The predicted octanol–water partition coefficient (Wildman–Crippen LogP) is 6.29. The van der Waals surface area contributed by atoms with Gasteiger partial charge in [-0.25, -0.2) is 9.37 Å². The normalized spacial score (nSPS) is 18.1. The summed E-state index contributed by atoms with van der Waals surface area (Å²) < 4.78 is 20.4. The number of rotatable bonds is 5. The van der Waals surface area contributed by atoms with Gasteiger partial charge in [0.25, 0.3) is 0 Å². The highest BCUT2D eigenvalue weighted by Crippen LogP contribution is 2.40. The summed E-state index contributed by atoms with van der Waals surface area (Å²) in [4.78, 5) is 32.3. The molecule has 1 amide bonds. The number of aryl methyl sites for hydroxylation is 2. The minimum Gasteiger partial charge on any atom is -0.378 e. The van der Waals surface area contributed by atoms with Crippen molar-refractivity contribution < 1.29 is 18.7 Å². The molecular formula is C31H33FN2O3. The first-order valence-corrected chi connectivity index (χ1v) is 13.2. The van der Waals surface area contributed by atoms with E-state index in [0.717, 1.165) is 34.9 Å². The van der Waals surface area contributed by atoms with E-state index < -0.39 is 0 Å². The number of halogens is 1. The zero-order valence-electron chi connectivity index (χ0n) is 21.8. The Kier molecular flexibility index (Phi) is 7.20. The summed E-state index contributed by atoms with van der Waals surface area (Å²) in [6.07, 6.45) is 4.87. The molecule has 1 saturated heterocycles. The lowest BCUT2D eigenvalue weighted by atomic mass is 9.81. The summed E-state index contributed by atoms with van der Waals surface area (Å²) in [5.41, 5.74) is 6.68. The molecule has 0 saturated carbocycles. The number of carbonyl (C=O) groups excluding carboxylic acids is 2. The number of pyridine rings is 1. The molecule has 1 atom stereocenters. The first-order chi connectivity index (χ1) is 17.9. The topological polar surface area (TPSA) is 59.5 Å². The molecule has 0 spiro atoms. The number of hydrogen-bond donors (Lipinski definition) is 0. The van der Waals surface area contributed by atoms with E-state index >= 15 is 0 Å². The number of carbonyl (C=O) groups is 2. The van der Waals surface area contributed by atoms with Crippen LogP contribution in [0, 0.1) is 25.6 Å². The number of ether oxygens (including phenoxy) is 1. The molecule has 192 valence electrons. The zero-order valence-corrected chi connectivity index (χ0v) is 21.8. The van der Waals surface area contributed by atoms with Gasteiger partial charge in [0.2, 0.25) is 5.91 Å². The second-order valence-corrected chi connectivity index (χ2v) is 10.0. The first kappa shape index (κ1) is 25.3. The van der Waals surface area contributed by atoms with Gasteiger partial charge in [-0.1, -0.05) is 31.2 Å². The summed E-state index contributed by atoms with van der Waals surface area (Å²) in [5.74, 6) is -0.163. The molecule has 1 aromatic heterocycles. The second-order valence-electron chi connectivity index (χ2n) is 10.0. The van der Waals surface area contributed by atoms with Crippen LogP contribution in [0.3, 0.4) is 0 Å². The molecule has 2 heterocycles. The largest absolute Gasteiger partial charge is 0.378 e. The van der Waals surface area contributed by atoms with Gasteiger partial charge in [-0.15, -0.1) is 0 Å². The molecule has 5 nitrogen and oxygen atoms in total. The summed E-state index contributed by atoms with van der Waals surface area (Å²) in [5, 5.41) is 0.866. The van der Waals surface area contributed by atoms with E-state index in [-0.39, 0.29) is 23.4 Å². The third-order valence-corrected chi connectivity index (χ3v) is 7.72. The number of amides is 1. The third-order valence-electron chi connectivity index (χ3n) is 7.72. The Bertz CT molecular complexity index is 1410. The maximum Gasteiger partial charge on any atom is 0.226 e. The lowest BCUT2D eigenvalue weighted by molar-refractivity contribution is -0.139. The Morgan fingerprint density at radius 2 is 1.86 bits per heavy atom. The van der Waals surface area contributed by atoms with Gasteiger partial charge in [-0.05, 0) is 79.1 Å². The van der Waals surface area contributed by atoms with Gasteiger partial charge >= 0.3 is 0 Å². The quantitative estimate of drug-likeness (QED) is 0.386. The van der Waals surface area contributed by atoms with Crippen molar-refractivity contribution in [2.75, 3.05) is 26.3 Å². The van der Waals surface area contributed by atoms with Crippen LogP contribution in [0.25, 0.3) is 27.6 Å². The molecule has 2 aromatic carbocycles. The standard InChI is InChI=1S/C31H33FN2O3/c1-4-28(35)26-18-24(23-7-5-6-8-25(23)32)30-20(3)29(19(2)17-27(30)33-26)21-9-11-22(12-10-21)31(36)34-13-15-37-16-14-34/h5-9,17-18,22H,4,10-16H2,1-3H3. The lowest BCUT2D eigenvalue weighted by Crippen LogP contribution is -2.44. The molecule has 6 heteroatoms. The van der Waals surface area contributed by atoms with Crippen LogP contribution < -0.4 is 0 Å². The van der Waals surface area contributed by atoms with Crippen molar-refractivity contribution in [3.8, 4) is 11.1 Å². The van der Waals surface area contributed by atoms with Crippen molar-refractivity contribution in [3.63, 3.8) is 0 Å². The minimum absolute atomic E-state index is 0.00109. The number of hydrogen-bond acceptors (Lipinski definition) is 4. The highest BCUT2D eigenvalue weighted by molar-refractivity contribution is 6.05. The van der Waals surface area contributed by atoms with Gasteiger partial charge in [0, 0.05) is 36.4 Å². The fourth-order valence-electron chi connectivity index (χ4n) is 5.80. The van der Waals surface area contributed by atoms with Gasteiger partial charge in [0.15, 0.2) is 5.78 Å². The number of allylic oxidation sites excluding steroid dienone is 2. The maximum absolute atomic E-state index is 15.0. The predicted molar refractivity (Wildman–Crippen MR) is 144 cm³/mol. The molecule has 0 radical (unpaired) electrons. The van der Waals surface area contributed by atoms with E-state index in [0.29, 0.717) is 61.5 Å².